The summed E-state index contributed by atoms with van der Waals surface area (Å²) in [4.78, 5) is 2.45. The van der Waals surface area contributed by atoms with Gasteiger partial charge in [-0.2, -0.15) is 0 Å². The molecule has 0 spiro atoms. The van der Waals surface area contributed by atoms with Crippen molar-refractivity contribution in [3.63, 3.8) is 0 Å². The van der Waals surface area contributed by atoms with Crippen molar-refractivity contribution in [1.82, 2.24) is 10.2 Å². The molecule has 16 heavy (non-hydrogen) atoms. The van der Waals surface area contributed by atoms with Gasteiger partial charge in [-0.15, -0.1) is 0 Å². The minimum Gasteiger partial charge on any atom is -0.379 e. The Morgan fingerprint density at radius 3 is 2.81 bits per heavy atom. The first kappa shape index (κ1) is 12.3. The second-order valence-corrected chi connectivity index (χ2v) is 5.06. The van der Waals surface area contributed by atoms with E-state index >= 15 is 0 Å². The Bertz CT molecular complexity index is 225. The molecule has 4 nitrogen and oxygen atoms in total. The van der Waals surface area contributed by atoms with Crippen LogP contribution in [0.5, 0.6) is 0 Å². The molecular weight excluding hydrogens is 204 g/mol. The fourth-order valence-electron chi connectivity index (χ4n) is 2.90. The summed E-state index contributed by atoms with van der Waals surface area (Å²) < 4.78 is 11.1. The molecular formula is C12H24N2O2. The first-order chi connectivity index (χ1) is 7.72. The fourth-order valence-corrected chi connectivity index (χ4v) is 2.90. The van der Waals surface area contributed by atoms with Crippen LogP contribution < -0.4 is 5.32 Å². The molecule has 0 aromatic heterocycles. The highest BCUT2D eigenvalue weighted by molar-refractivity contribution is 4.86. The highest BCUT2D eigenvalue weighted by Crippen LogP contribution is 2.21. The van der Waals surface area contributed by atoms with Crippen molar-refractivity contribution in [2.75, 3.05) is 40.5 Å². The maximum atomic E-state index is 5.62. The Morgan fingerprint density at radius 2 is 2.19 bits per heavy atom. The van der Waals surface area contributed by atoms with Crippen molar-refractivity contribution in [2.45, 2.75) is 31.5 Å². The first-order valence-corrected chi connectivity index (χ1v) is 6.29. The first-order valence-electron chi connectivity index (χ1n) is 6.29. The van der Waals surface area contributed by atoms with Crippen molar-refractivity contribution in [3.05, 3.63) is 0 Å². The molecule has 4 atom stereocenters. The zero-order chi connectivity index (χ0) is 11.5. The van der Waals surface area contributed by atoms with Crippen LogP contribution in [0.1, 0.15) is 13.3 Å². The van der Waals surface area contributed by atoms with Gasteiger partial charge in [0.2, 0.25) is 0 Å². The normalized spacial score (nSPS) is 39.8. The van der Waals surface area contributed by atoms with E-state index in [0.717, 1.165) is 32.8 Å². The van der Waals surface area contributed by atoms with Gasteiger partial charge < -0.3 is 19.7 Å². The molecule has 0 bridgehead atoms. The van der Waals surface area contributed by atoms with E-state index < -0.39 is 0 Å². The van der Waals surface area contributed by atoms with Crippen LogP contribution in [0.2, 0.25) is 0 Å². The molecule has 94 valence electrons. The van der Waals surface area contributed by atoms with Gasteiger partial charge in [-0.1, -0.05) is 0 Å². The molecule has 0 aromatic carbocycles. The second-order valence-electron chi connectivity index (χ2n) is 5.06. The van der Waals surface area contributed by atoms with Crippen LogP contribution in [0.25, 0.3) is 0 Å². The third-order valence-corrected chi connectivity index (χ3v) is 3.99. The fraction of sp³-hybridized carbons (Fsp3) is 1.00. The lowest BCUT2D eigenvalue weighted by Gasteiger charge is -2.30. The van der Waals surface area contributed by atoms with Gasteiger partial charge >= 0.3 is 0 Å². The molecule has 2 fully saturated rings. The van der Waals surface area contributed by atoms with E-state index in [-0.39, 0.29) is 0 Å². The van der Waals surface area contributed by atoms with Crippen molar-refractivity contribution in [3.8, 4) is 0 Å². The average Bonchev–Trinajstić information content (AvgIpc) is 2.86. The van der Waals surface area contributed by atoms with Gasteiger partial charge in [0, 0.05) is 31.2 Å². The molecule has 2 aliphatic heterocycles. The van der Waals surface area contributed by atoms with Gasteiger partial charge in [0.15, 0.2) is 0 Å². The number of likely N-dealkylation sites (N-methyl/N-ethyl adjacent to an activating group) is 2. The molecule has 0 aliphatic carbocycles. The molecule has 1 N–H and O–H groups in total. The van der Waals surface area contributed by atoms with Gasteiger partial charge in [0.05, 0.1) is 19.3 Å². The van der Waals surface area contributed by atoms with E-state index in [1.54, 1.807) is 0 Å². The summed E-state index contributed by atoms with van der Waals surface area (Å²) in [6, 6.07) is 1.10. The largest absolute Gasteiger partial charge is 0.379 e. The molecule has 0 saturated carbocycles. The van der Waals surface area contributed by atoms with Crippen molar-refractivity contribution >= 4 is 0 Å². The topological polar surface area (TPSA) is 33.7 Å². The zero-order valence-electron chi connectivity index (χ0n) is 10.6. The molecule has 2 aliphatic rings. The van der Waals surface area contributed by atoms with Crippen molar-refractivity contribution in [1.29, 1.82) is 0 Å². The summed E-state index contributed by atoms with van der Waals surface area (Å²) in [5.41, 5.74) is 0. The summed E-state index contributed by atoms with van der Waals surface area (Å²) in [5.74, 6) is 0.614. The van der Waals surface area contributed by atoms with Crippen LogP contribution >= 0.6 is 0 Å². The predicted molar refractivity (Wildman–Crippen MR) is 63.6 cm³/mol. The molecule has 4 heteroatoms. The summed E-state index contributed by atoms with van der Waals surface area (Å²) in [5, 5.41) is 3.34. The Labute approximate surface area is 98.3 Å². The maximum Gasteiger partial charge on any atom is 0.0702 e. The smallest absolute Gasteiger partial charge is 0.0702 e. The van der Waals surface area contributed by atoms with Crippen LogP contribution in [0.15, 0.2) is 0 Å². The lowest BCUT2D eigenvalue weighted by molar-refractivity contribution is 0.0756. The molecule has 0 aromatic rings. The van der Waals surface area contributed by atoms with E-state index in [0.29, 0.717) is 24.1 Å². The molecule has 0 amide bonds. The minimum absolute atomic E-state index is 0.375. The van der Waals surface area contributed by atoms with Crippen LogP contribution in [-0.2, 0) is 9.47 Å². The van der Waals surface area contributed by atoms with Crippen LogP contribution in [0.4, 0.5) is 0 Å². The van der Waals surface area contributed by atoms with Crippen LogP contribution in [0, 0.1) is 5.92 Å². The summed E-state index contributed by atoms with van der Waals surface area (Å²) in [6.45, 7) is 5.93. The monoisotopic (exact) mass is 228 g/mol. The van der Waals surface area contributed by atoms with Crippen LogP contribution in [0.3, 0.4) is 0 Å². The zero-order valence-corrected chi connectivity index (χ0v) is 10.6. The van der Waals surface area contributed by atoms with E-state index in [4.69, 9.17) is 9.47 Å². The Morgan fingerprint density at radius 1 is 1.38 bits per heavy atom. The summed E-state index contributed by atoms with van der Waals surface area (Å²) >= 11 is 0. The second kappa shape index (κ2) is 5.45. The quantitative estimate of drug-likeness (QED) is 0.752. The highest BCUT2D eigenvalue weighted by atomic mass is 16.5. The van der Waals surface area contributed by atoms with Gasteiger partial charge in [-0.05, 0) is 27.4 Å². The lowest BCUT2D eigenvalue weighted by atomic mass is 10.0. The SMILES string of the molecule is CNC1COCC1CN(C)C1CCOC1C. The van der Waals surface area contributed by atoms with Crippen molar-refractivity contribution in [2.24, 2.45) is 5.92 Å². The molecule has 2 rings (SSSR count). The number of nitrogens with zero attached hydrogens (tertiary/aromatic N) is 1. The standard InChI is InChI=1S/C12H24N2O2/c1-9-12(4-5-16-9)14(3)6-10-7-15-8-11(10)13-2/h9-13H,4-8H2,1-3H3. The number of hydrogen-bond acceptors (Lipinski definition) is 4. The van der Waals surface area contributed by atoms with E-state index in [9.17, 15) is 0 Å². The highest BCUT2D eigenvalue weighted by Gasteiger charge is 2.33. The number of ether oxygens (including phenoxy) is 2. The Hall–Kier alpha value is -0.160. The Kier molecular flexibility index (Phi) is 4.19. The molecule has 0 radical (unpaired) electrons. The van der Waals surface area contributed by atoms with Crippen LogP contribution in [-0.4, -0.2) is 63.5 Å². The summed E-state index contributed by atoms with van der Waals surface area (Å²) in [7, 11) is 4.23. The minimum atomic E-state index is 0.375. The number of nitrogens with one attached hydrogen (secondary N) is 1. The van der Waals surface area contributed by atoms with Crippen molar-refractivity contribution < 1.29 is 9.47 Å². The molecule has 4 unspecified atom stereocenters. The third kappa shape index (κ3) is 2.56. The number of rotatable bonds is 4. The average molecular weight is 228 g/mol. The van der Waals surface area contributed by atoms with Gasteiger partial charge in [0.25, 0.3) is 0 Å². The molecule has 2 heterocycles. The summed E-state index contributed by atoms with van der Waals surface area (Å²) in [6.07, 6.45) is 1.54. The number of hydrogen-bond donors (Lipinski definition) is 1. The third-order valence-electron chi connectivity index (χ3n) is 3.99. The van der Waals surface area contributed by atoms with Gasteiger partial charge in [-0.3, -0.25) is 0 Å². The van der Waals surface area contributed by atoms with E-state index in [1.807, 2.05) is 7.05 Å². The van der Waals surface area contributed by atoms with E-state index in [2.05, 4.69) is 24.2 Å². The molecule has 2 saturated heterocycles. The van der Waals surface area contributed by atoms with E-state index in [1.165, 1.54) is 0 Å². The lowest BCUT2D eigenvalue weighted by Crippen LogP contribution is -2.44. The Balaban J connectivity index is 1.84. The predicted octanol–water partition coefficient (Wildman–Crippen LogP) is 0.330. The maximum absolute atomic E-state index is 5.62. The van der Waals surface area contributed by atoms with Gasteiger partial charge in [0.1, 0.15) is 0 Å². The van der Waals surface area contributed by atoms with Gasteiger partial charge in [-0.25, -0.2) is 0 Å².